The molecule has 0 spiro atoms. The van der Waals surface area contributed by atoms with Crippen LogP contribution in [-0.4, -0.2) is 12.7 Å². The van der Waals surface area contributed by atoms with Gasteiger partial charge in [0, 0.05) is 0 Å². The largest absolute Gasteiger partial charge is 0.378 e. The molecule has 0 aromatic heterocycles. The van der Waals surface area contributed by atoms with E-state index in [2.05, 4.69) is 20.8 Å². The Bertz CT molecular complexity index is 246. The molecule has 4 aliphatic rings. The Kier molecular flexibility index (Phi) is 3.01. The Morgan fingerprint density at radius 2 is 1.41 bits per heavy atom. The Balaban J connectivity index is 1.62. The van der Waals surface area contributed by atoms with Crippen molar-refractivity contribution in [2.45, 2.75) is 65.4 Å². The molecule has 0 heterocycles. The van der Waals surface area contributed by atoms with Gasteiger partial charge in [-0.05, 0) is 74.5 Å². The highest BCUT2D eigenvalue weighted by Gasteiger charge is 2.50. The van der Waals surface area contributed by atoms with Crippen LogP contribution in [0.1, 0.15) is 59.3 Å². The summed E-state index contributed by atoms with van der Waals surface area (Å²) in [6.45, 7) is 7.83. The summed E-state index contributed by atoms with van der Waals surface area (Å²) in [5.41, 5.74) is 0.595. The van der Waals surface area contributed by atoms with Crippen molar-refractivity contribution in [1.29, 1.82) is 0 Å². The number of hydrogen-bond acceptors (Lipinski definition) is 1. The predicted octanol–water partition coefficient (Wildman–Crippen LogP) is 4.26. The molecule has 0 aliphatic heterocycles. The molecular weight excluding hydrogens is 208 g/mol. The van der Waals surface area contributed by atoms with Gasteiger partial charge in [-0.1, -0.05) is 13.8 Å². The van der Waals surface area contributed by atoms with Crippen molar-refractivity contribution < 1.29 is 4.74 Å². The normalized spacial score (nSPS) is 45.5. The smallest absolute Gasteiger partial charge is 0.0570 e. The van der Waals surface area contributed by atoms with E-state index in [-0.39, 0.29) is 0 Å². The molecule has 0 unspecified atom stereocenters. The van der Waals surface area contributed by atoms with Crippen LogP contribution in [0.15, 0.2) is 0 Å². The second kappa shape index (κ2) is 4.26. The number of rotatable bonds is 4. The molecule has 4 rings (SSSR count). The van der Waals surface area contributed by atoms with Gasteiger partial charge < -0.3 is 4.74 Å². The van der Waals surface area contributed by atoms with E-state index in [1.54, 1.807) is 0 Å². The topological polar surface area (TPSA) is 9.23 Å². The Morgan fingerprint density at radius 1 is 0.941 bits per heavy atom. The van der Waals surface area contributed by atoms with Crippen LogP contribution in [0.5, 0.6) is 0 Å². The second-order valence-electron chi connectivity index (χ2n) is 7.68. The fraction of sp³-hybridized carbons (Fsp3) is 1.00. The summed E-state index contributed by atoms with van der Waals surface area (Å²) in [5, 5.41) is 0. The van der Waals surface area contributed by atoms with Gasteiger partial charge in [0.05, 0.1) is 12.7 Å². The van der Waals surface area contributed by atoms with Crippen molar-refractivity contribution in [3.63, 3.8) is 0 Å². The van der Waals surface area contributed by atoms with Crippen LogP contribution in [0.2, 0.25) is 0 Å². The first-order valence-electron chi connectivity index (χ1n) is 7.68. The SMILES string of the molecule is CC(C)[C@@H](C)OCC12CC3CC(CC(C3)C1)C2. The summed E-state index contributed by atoms with van der Waals surface area (Å²) in [5.74, 6) is 3.82. The molecule has 0 amide bonds. The first kappa shape index (κ1) is 12.0. The minimum absolute atomic E-state index is 0.433. The maximum Gasteiger partial charge on any atom is 0.0570 e. The van der Waals surface area contributed by atoms with Gasteiger partial charge in [-0.3, -0.25) is 0 Å². The van der Waals surface area contributed by atoms with Crippen molar-refractivity contribution in [2.24, 2.45) is 29.1 Å². The highest BCUT2D eigenvalue weighted by atomic mass is 16.5. The van der Waals surface area contributed by atoms with Gasteiger partial charge in [-0.2, -0.15) is 0 Å². The molecule has 0 aromatic carbocycles. The summed E-state index contributed by atoms with van der Waals surface area (Å²) in [4.78, 5) is 0. The quantitative estimate of drug-likeness (QED) is 0.708. The van der Waals surface area contributed by atoms with Crippen LogP contribution in [0.25, 0.3) is 0 Å². The molecule has 1 heteroatoms. The van der Waals surface area contributed by atoms with Gasteiger partial charge in [-0.15, -0.1) is 0 Å². The van der Waals surface area contributed by atoms with E-state index in [4.69, 9.17) is 4.74 Å². The molecular formula is C16H28O. The monoisotopic (exact) mass is 236 g/mol. The molecule has 0 aromatic rings. The average molecular weight is 236 g/mol. The first-order valence-corrected chi connectivity index (χ1v) is 7.68. The van der Waals surface area contributed by atoms with Gasteiger partial charge in [0.15, 0.2) is 0 Å². The lowest BCUT2D eigenvalue weighted by molar-refractivity contribution is -0.115. The van der Waals surface area contributed by atoms with E-state index < -0.39 is 0 Å². The summed E-state index contributed by atoms with van der Waals surface area (Å²) in [6.07, 6.45) is 9.48. The van der Waals surface area contributed by atoms with Gasteiger partial charge >= 0.3 is 0 Å². The lowest BCUT2D eigenvalue weighted by Crippen LogP contribution is -2.48. The zero-order chi connectivity index (χ0) is 12.0. The lowest BCUT2D eigenvalue weighted by atomic mass is 9.50. The third kappa shape index (κ3) is 2.28. The van der Waals surface area contributed by atoms with Crippen molar-refractivity contribution in [3.05, 3.63) is 0 Å². The van der Waals surface area contributed by atoms with Crippen molar-refractivity contribution in [2.75, 3.05) is 6.61 Å². The van der Waals surface area contributed by atoms with Crippen LogP contribution in [-0.2, 0) is 4.74 Å². The maximum atomic E-state index is 6.19. The highest BCUT2D eigenvalue weighted by molar-refractivity contribution is 5.01. The van der Waals surface area contributed by atoms with Crippen LogP contribution >= 0.6 is 0 Å². The van der Waals surface area contributed by atoms with Crippen molar-refractivity contribution in [1.82, 2.24) is 0 Å². The van der Waals surface area contributed by atoms with Crippen LogP contribution < -0.4 is 0 Å². The Labute approximate surface area is 106 Å². The number of ether oxygens (including phenoxy) is 1. The van der Waals surface area contributed by atoms with E-state index in [1.807, 2.05) is 0 Å². The molecule has 0 saturated heterocycles. The molecule has 98 valence electrons. The van der Waals surface area contributed by atoms with Gasteiger partial charge in [0.1, 0.15) is 0 Å². The minimum atomic E-state index is 0.433. The van der Waals surface area contributed by atoms with Crippen molar-refractivity contribution >= 4 is 0 Å². The highest BCUT2D eigenvalue weighted by Crippen LogP contribution is 2.60. The third-order valence-corrected chi connectivity index (χ3v) is 5.76. The lowest BCUT2D eigenvalue weighted by Gasteiger charge is -2.56. The number of hydrogen-bond donors (Lipinski definition) is 0. The molecule has 4 saturated carbocycles. The fourth-order valence-electron chi connectivity index (χ4n) is 4.97. The molecule has 1 nitrogen and oxygen atoms in total. The summed E-state index contributed by atoms with van der Waals surface area (Å²) in [6, 6.07) is 0. The minimum Gasteiger partial charge on any atom is -0.378 e. The van der Waals surface area contributed by atoms with E-state index in [1.165, 1.54) is 38.5 Å². The summed E-state index contributed by atoms with van der Waals surface area (Å²) in [7, 11) is 0. The van der Waals surface area contributed by atoms with Crippen LogP contribution in [0.4, 0.5) is 0 Å². The Morgan fingerprint density at radius 3 is 1.82 bits per heavy atom. The molecule has 4 fully saturated rings. The molecule has 0 N–H and O–H groups in total. The molecule has 1 atom stereocenters. The standard InChI is InChI=1S/C16H28O/c1-11(2)12(3)17-10-16-7-13-4-14(8-16)6-15(5-13)9-16/h11-15H,4-10H2,1-3H3/t12-,13?,14?,15?,16?/m1/s1. The average Bonchev–Trinajstić information content (AvgIpc) is 2.24. The van der Waals surface area contributed by atoms with E-state index in [0.717, 1.165) is 24.4 Å². The van der Waals surface area contributed by atoms with Gasteiger partial charge in [0.2, 0.25) is 0 Å². The summed E-state index contributed by atoms with van der Waals surface area (Å²) >= 11 is 0. The maximum absolute atomic E-state index is 6.19. The third-order valence-electron chi connectivity index (χ3n) is 5.76. The van der Waals surface area contributed by atoms with Crippen LogP contribution in [0, 0.1) is 29.1 Å². The molecule has 4 bridgehead atoms. The van der Waals surface area contributed by atoms with Gasteiger partial charge in [-0.25, -0.2) is 0 Å². The predicted molar refractivity (Wildman–Crippen MR) is 70.9 cm³/mol. The molecule has 0 radical (unpaired) electrons. The van der Waals surface area contributed by atoms with Crippen LogP contribution in [0.3, 0.4) is 0 Å². The molecule has 17 heavy (non-hydrogen) atoms. The first-order chi connectivity index (χ1) is 8.06. The zero-order valence-electron chi connectivity index (χ0n) is 11.7. The van der Waals surface area contributed by atoms with Gasteiger partial charge in [0.25, 0.3) is 0 Å². The van der Waals surface area contributed by atoms with Crippen molar-refractivity contribution in [3.8, 4) is 0 Å². The zero-order valence-corrected chi connectivity index (χ0v) is 11.7. The molecule has 4 aliphatic carbocycles. The second-order valence-corrected chi connectivity index (χ2v) is 7.68. The van der Waals surface area contributed by atoms with E-state index in [9.17, 15) is 0 Å². The Hall–Kier alpha value is -0.0400. The van der Waals surface area contributed by atoms with E-state index >= 15 is 0 Å². The summed E-state index contributed by atoms with van der Waals surface area (Å²) < 4.78 is 6.19. The fourth-order valence-corrected chi connectivity index (χ4v) is 4.97. The van der Waals surface area contributed by atoms with E-state index in [0.29, 0.717) is 17.4 Å².